The first-order valence-corrected chi connectivity index (χ1v) is 7.72. The third-order valence-electron chi connectivity index (χ3n) is 3.52. The van der Waals surface area contributed by atoms with Crippen LogP contribution in [0.1, 0.15) is 11.4 Å². The number of phenolic OH excluding ortho intramolecular Hbond substituents is 1. The van der Waals surface area contributed by atoms with Crippen LogP contribution in [-0.2, 0) is 17.6 Å². The molecule has 0 unspecified atom stereocenters. The van der Waals surface area contributed by atoms with Crippen LogP contribution in [0.15, 0.2) is 54.6 Å². The van der Waals surface area contributed by atoms with E-state index in [-0.39, 0.29) is 18.1 Å². The number of phenols is 1. The molecule has 6 nitrogen and oxygen atoms in total. The van der Waals surface area contributed by atoms with Crippen molar-refractivity contribution in [1.29, 1.82) is 0 Å². The standard InChI is InChI=1S/C18H18N4O2/c23-15-8-4-5-13(11-15)12-17(24)19-10-9-16-20-18(22-21-16)14-6-2-1-3-7-14/h1-8,11,23H,9-10,12H2,(H,19,24)(H,20,21,22). The second-order valence-corrected chi connectivity index (χ2v) is 5.42. The Morgan fingerprint density at radius 3 is 2.75 bits per heavy atom. The van der Waals surface area contributed by atoms with Gasteiger partial charge in [-0.15, -0.1) is 0 Å². The summed E-state index contributed by atoms with van der Waals surface area (Å²) in [4.78, 5) is 16.3. The van der Waals surface area contributed by atoms with Gasteiger partial charge in [0.25, 0.3) is 0 Å². The number of hydrogen-bond donors (Lipinski definition) is 3. The Labute approximate surface area is 139 Å². The maximum atomic E-state index is 11.9. The van der Waals surface area contributed by atoms with E-state index in [9.17, 15) is 9.90 Å². The summed E-state index contributed by atoms with van der Waals surface area (Å²) >= 11 is 0. The van der Waals surface area contributed by atoms with E-state index in [0.29, 0.717) is 18.8 Å². The minimum absolute atomic E-state index is 0.0941. The lowest BCUT2D eigenvalue weighted by molar-refractivity contribution is -0.120. The number of rotatable bonds is 6. The maximum Gasteiger partial charge on any atom is 0.224 e. The van der Waals surface area contributed by atoms with Gasteiger partial charge in [-0.3, -0.25) is 9.89 Å². The Morgan fingerprint density at radius 2 is 1.96 bits per heavy atom. The number of carbonyl (C=O) groups excluding carboxylic acids is 1. The molecule has 122 valence electrons. The number of aromatic amines is 1. The number of benzene rings is 2. The van der Waals surface area contributed by atoms with Gasteiger partial charge in [0.1, 0.15) is 11.6 Å². The van der Waals surface area contributed by atoms with E-state index in [4.69, 9.17) is 0 Å². The van der Waals surface area contributed by atoms with Gasteiger partial charge >= 0.3 is 0 Å². The normalized spacial score (nSPS) is 10.5. The third kappa shape index (κ3) is 4.19. The van der Waals surface area contributed by atoms with Gasteiger partial charge in [-0.05, 0) is 17.7 Å². The van der Waals surface area contributed by atoms with E-state index >= 15 is 0 Å². The van der Waals surface area contributed by atoms with E-state index < -0.39 is 0 Å². The molecule has 3 rings (SSSR count). The fourth-order valence-corrected chi connectivity index (χ4v) is 2.36. The van der Waals surface area contributed by atoms with E-state index in [1.807, 2.05) is 36.4 Å². The summed E-state index contributed by atoms with van der Waals surface area (Å²) in [6.07, 6.45) is 0.811. The van der Waals surface area contributed by atoms with Crippen molar-refractivity contribution < 1.29 is 9.90 Å². The van der Waals surface area contributed by atoms with Crippen LogP contribution in [0.3, 0.4) is 0 Å². The molecule has 6 heteroatoms. The maximum absolute atomic E-state index is 11.9. The highest BCUT2D eigenvalue weighted by molar-refractivity contribution is 5.78. The number of hydrogen-bond acceptors (Lipinski definition) is 4. The van der Waals surface area contributed by atoms with Gasteiger partial charge < -0.3 is 10.4 Å². The second kappa shape index (κ2) is 7.41. The van der Waals surface area contributed by atoms with E-state index in [0.717, 1.165) is 17.0 Å². The highest BCUT2D eigenvalue weighted by atomic mass is 16.3. The van der Waals surface area contributed by atoms with Crippen LogP contribution in [0, 0.1) is 0 Å². The van der Waals surface area contributed by atoms with Crippen molar-refractivity contribution in [2.24, 2.45) is 0 Å². The molecule has 0 aliphatic carbocycles. The molecular formula is C18H18N4O2. The van der Waals surface area contributed by atoms with Crippen LogP contribution in [0.4, 0.5) is 0 Å². The van der Waals surface area contributed by atoms with E-state index in [2.05, 4.69) is 20.5 Å². The summed E-state index contributed by atoms with van der Waals surface area (Å²) in [6, 6.07) is 16.4. The first-order chi connectivity index (χ1) is 11.7. The molecule has 1 amide bonds. The Balaban J connectivity index is 1.48. The van der Waals surface area contributed by atoms with Gasteiger partial charge in [-0.2, -0.15) is 5.10 Å². The minimum Gasteiger partial charge on any atom is -0.508 e. The third-order valence-corrected chi connectivity index (χ3v) is 3.52. The number of aromatic nitrogens is 3. The van der Waals surface area contributed by atoms with Crippen LogP contribution in [0.2, 0.25) is 0 Å². The lowest BCUT2D eigenvalue weighted by Crippen LogP contribution is -2.27. The summed E-state index contributed by atoms with van der Waals surface area (Å²) in [5.74, 6) is 1.45. The molecule has 24 heavy (non-hydrogen) atoms. The summed E-state index contributed by atoms with van der Waals surface area (Å²) in [6.45, 7) is 0.473. The molecule has 0 spiro atoms. The first kappa shape index (κ1) is 15.7. The molecule has 0 aliphatic heterocycles. The van der Waals surface area contributed by atoms with Crippen LogP contribution >= 0.6 is 0 Å². The van der Waals surface area contributed by atoms with Gasteiger partial charge in [-0.25, -0.2) is 4.98 Å². The lowest BCUT2D eigenvalue weighted by atomic mass is 10.1. The molecule has 0 fully saturated rings. The van der Waals surface area contributed by atoms with Crippen molar-refractivity contribution in [1.82, 2.24) is 20.5 Å². The number of nitrogens with zero attached hydrogens (tertiary/aromatic N) is 2. The lowest BCUT2D eigenvalue weighted by Gasteiger charge is -2.04. The Morgan fingerprint density at radius 1 is 1.12 bits per heavy atom. The Hall–Kier alpha value is -3.15. The van der Waals surface area contributed by atoms with Gasteiger partial charge in [0.15, 0.2) is 5.82 Å². The SMILES string of the molecule is O=C(Cc1cccc(O)c1)NCCc1nc(-c2ccccc2)n[nH]1. The average molecular weight is 322 g/mol. The molecule has 1 aromatic heterocycles. The largest absolute Gasteiger partial charge is 0.508 e. The molecule has 3 aromatic rings. The molecule has 2 aromatic carbocycles. The van der Waals surface area contributed by atoms with Gasteiger partial charge in [0.05, 0.1) is 6.42 Å². The molecule has 0 aliphatic rings. The van der Waals surface area contributed by atoms with Gasteiger partial charge in [0.2, 0.25) is 5.91 Å². The fraction of sp³-hybridized carbons (Fsp3) is 0.167. The van der Waals surface area contributed by atoms with Crippen molar-refractivity contribution in [2.45, 2.75) is 12.8 Å². The Kier molecular flexibility index (Phi) is 4.86. The molecule has 0 saturated carbocycles. The zero-order chi connectivity index (χ0) is 16.8. The van der Waals surface area contributed by atoms with Crippen molar-refractivity contribution in [3.63, 3.8) is 0 Å². The highest BCUT2D eigenvalue weighted by Gasteiger charge is 2.07. The summed E-state index contributed by atoms with van der Waals surface area (Å²) in [5, 5.41) is 19.3. The average Bonchev–Trinajstić information content (AvgIpc) is 3.04. The fourth-order valence-electron chi connectivity index (χ4n) is 2.36. The smallest absolute Gasteiger partial charge is 0.224 e. The van der Waals surface area contributed by atoms with Crippen molar-refractivity contribution in [2.75, 3.05) is 6.54 Å². The van der Waals surface area contributed by atoms with Crippen molar-refractivity contribution >= 4 is 5.91 Å². The summed E-state index contributed by atoms with van der Waals surface area (Å²) < 4.78 is 0. The highest BCUT2D eigenvalue weighted by Crippen LogP contribution is 2.13. The van der Waals surface area contributed by atoms with Crippen LogP contribution in [0.5, 0.6) is 5.75 Å². The molecule has 0 radical (unpaired) electrons. The molecule has 1 heterocycles. The molecule has 0 bridgehead atoms. The van der Waals surface area contributed by atoms with Crippen molar-refractivity contribution in [3.05, 3.63) is 66.0 Å². The predicted octanol–water partition coefficient (Wildman–Crippen LogP) is 2.08. The number of nitrogens with one attached hydrogen (secondary N) is 2. The second-order valence-electron chi connectivity index (χ2n) is 5.42. The van der Waals surface area contributed by atoms with Crippen LogP contribution < -0.4 is 5.32 Å². The molecule has 0 saturated heterocycles. The minimum atomic E-state index is -0.0941. The number of H-pyrrole nitrogens is 1. The summed E-state index contributed by atoms with van der Waals surface area (Å²) in [5.41, 5.74) is 1.73. The quantitative estimate of drug-likeness (QED) is 0.648. The van der Waals surface area contributed by atoms with E-state index in [1.54, 1.807) is 18.2 Å². The van der Waals surface area contributed by atoms with Crippen LogP contribution in [-0.4, -0.2) is 32.7 Å². The summed E-state index contributed by atoms with van der Waals surface area (Å²) in [7, 11) is 0. The van der Waals surface area contributed by atoms with Crippen molar-refractivity contribution in [3.8, 4) is 17.1 Å². The van der Waals surface area contributed by atoms with Crippen LogP contribution in [0.25, 0.3) is 11.4 Å². The van der Waals surface area contributed by atoms with Gasteiger partial charge in [-0.1, -0.05) is 42.5 Å². The topological polar surface area (TPSA) is 90.9 Å². The number of carbonyl (C=O) groups is 1. The molecular weight excluding hydrogens is 304 g/mol. The zero-order valence-corrected chi connectivity index (χ0v) is 13.1. The first-order valence-electron chi connectivity index (χ1n) is 7.72. The predicted molar refractivity (Wildman–Crippen MR) is 90.3 cm³/mol. The zero-order valence-electron chi connectivity index (χ0n) is 13.1. The number of amides is 1. The van der Waals surface area contributed by atoms with Gasteiger partial charge in [0, 0.05) is 18.5 Å². The monoisotopic (exact) mass is 322 g/mol. The molecule has 3 N–H and O–H groups in total. The molecule has 0 atom stereocenters. The Bertz CT molecular complexity index is 815. The number of aromatic hydroxyl groups is 1. The van der Waals surface area contributed by atoms with E-state index in [1.165, 1.54) is 0 Å².